The van der Waals surface area contributed by atoms with Crippen molar-refractivity contribution in [2.24, 2.45) is 0 Å². The Kier molecular flexibility index (Phi) is 5.94. The van der Waals surface area contributed by atoms with Crippen molar-refractivity contribution in [3.8, 4) is 0 Å². The average molecular weight is 464 g/mol. The average Bonchev–Trinajstić information content (AvgIpc) is 3.49. The summed E-state index contributed by atoms with van der Waals surface area (Å²) in [5, 5.41) is 7.86. The highest BCUT2D eigenvalue weighted by Crippen LogP contribution is 2.31. The second-order valence-corrected chi connectivity index (χ2v) is 8.34. The maximum absolute atomic E-state index is 13.3. The highest BCUT2D eigenvalue weighted by Gasteiger charge is 2.17. The van der Waals surface area contributed by atoms with E-state index in [1.807, 2.05) is 49.4 Å². The Hall–Kier alpha value is -4.58. The Balaban J connectivity index is 1.47. The van der Waals surface area contributed by atoms with Gasteiger partial charge in [-0.25, -0.2) is 0 Å². The van der Waals surface area contributed by atoms with E-state index in [4.69, 9.17) is 4.42 Å². The van der Waals surface area contributed by atoms with Crippen molar-refractivity contribution in [1.82, 2.24) is 9.88 Å². The lowest BCUT2D eigenvalue weighted by Gasteiger charge is -2.12. The fourth-order valence-electron chi connectivity index (χ4n) is 4.33. The van der Waals surface area contributed by atoms with Crippen molar-refractivity contribution >= 4 is 45.4 Å². The summed E-state index contributed by atoms with van der Waals surface area (Å²) in [6, 6.07) is 24.7. The molecule has 0 spiro atoms. The first-order chi connectivity index (χ1) is 17.0. The summed E-state index contributed by atoms with van der Waals surface area (Å²) >= 11 is 0. The van der Waals surface area contributed by atoms with E-state index in [0.29, 0.717) is 17.0 Å². The van der Waals surface area contributed by atoms with Gasteiger partial charge in [0, 0.05) is 45.7 Å². The summed E-state index contributed by atoms with van der Waals surface area (Å²) in [5.74, 6) is -0.356. The number of carbonyl (C=O) groups is 2. The first kappa shape index (κ1) is 22.2. The number of amides is 2. The molecular formula is C29H25N3O3. The van der Waals surface area contributed by atoms with Crippen molar-refractivity contribution in [3.63, 3.8) is 0 Å². The van der Waals surface area contributed by atoms with Gasteiger partial charge in [0.05, 0.1) is 6.26 Å². The number of hydrogen-bond acceptors (Lipinski definition) is 3. The molecule has 0 aliphatic rings. The van der Waals surface area contributed by atoms with Gasteiger partial charge in [-0.05, 0) is 62.4 Å². The third-order valence-electron chi connectivity index (χ3n) is 5.95. The van der Waals surface area contributed by atoms with Crippen LogP contribution >= 0.6 is 0 Å². The molecule has 2 N–H and O–H groups in total. The van der Waals surface area contributed by atoms with E-state index in [9.17, 15) is 9.59 Å². The molecule has 0 saturated carbocycles. The van der Waals surface area contributed by atoms with E-state index < -0.39 is 5.91 Å². The Morgan fingerprint density at radius 1 is 0.914 bits per heavy atom. The number of aryl methyl sites for hydroxylation is 2. The number of nitrogens with one attached hydrogen (secondary N) is 2. The molecule has 3 aromatic carbocycles. The predicted octanol–water partition coefficient (Wildman–Crippen LogP) is 6.13. The van der Waals surface area contributed by atoms with Gasteiger partial charge in [-0.2, -0.15) is 0 Å². The van der Waals surface area contributed by atoms with Gasteiger partial charge in [-0.15, -0.1) is 0 Å². The third kappa shape index (κ3) is 4.46. The van der Waals surface area contributed by atoms with Crippen molar-refractivity contribution in [2.75, 3.05) is 5.32 Å². The lowest BCUT2D eigenvalue weighted by Crippen LogP contribution is -2.30. The number of anilines is 1. The second-order valence-electron chi connectivity index (χ2n) is 8.34. The molecule has 0 fully saturated rings. The second kappa shape index (κ2) is 9.35. The zero-order valence-electron chi connectivity index (χ0n) is 19.5. The van der Waals surface area contributed by atoms with Crippen LogP contribution in [0.15, 0.2) is 95.2 Å². The summed E-state index contributed by atoms with van der Waals surface area (Å²) in [7, 11) is 0. The standard InChI is InChI=1S/C29H25N3O3/c1-3-32-26-12-5-4-11-23(26)24-17-21(13-14-27(24)32)30-29(34)25(18-22-10-7-15-35-22)31-28(33)20-9-6-8-19(2)16-20/h4-18H,3H2,1-2H3,(H,30,34)(H,31,33)/b25-18-. The van der Waals surface area contributed by atoms with Crippen molar-refractivity contribution in [3.05, 3.63) is 108 Å². The summed E-state index contributed by atoms with van der Waals surface area (Å²) in [6.45, 7) is 4.87. The molecule has 0 radical (unpaired) electrons. The van der Waals surface area contributed by atoms with Crippen LogP contribution in [0.1, 0.15) is 28.6 Å². The van der Waals surface area contributed by atoms with Crippen LogP contribution in [0.25, 0.3) is 27.9 Å². The van der Waals surface area contributed by atoms with Gasteiger partial charge in [0.15, 0.2) is 0 Å². The lowest BCUT2D eigenvalue weighted by atomic mass is 10.1. The number of fused-ring (bicyclic) bond motifs is 3. The van der Waals surface area contributed by atoms with Gasteiger partial charge in [0.2, 0.25) is 0 Å². The minimum Gasteiger partial charge on any atom is -0.465 e. The Bertz CT molecular complexity index is 1580. The molecule has 2 heterocycles. The van der Waals surface area contributed by atoms with Gasteiger partial charge in [-0.1, -0.05) is 35.9 Å². The number of para-hydroxylation sites is 1. The molecule has 35 heavy (non-hydrogen) atoms. The number of benzene rings is 3. The van der Waals surface area contributed by atoms with E-state index in [2.05, 4.69) is 34.3 Å². The van der Waals surface area contributed by atoms with Gasteiger partial charge in [0.25, 0.3) is 11.8 Å². The van der Waals surface area contributed by atoms with Gasteiger partial charge >= 0.3 is 0 Å². The quantitative estimate of drug-likeness (QED) is 0.298. The summed E-state index contributed by atoms with van der Waals surface area (Å²) < 4.78 is 7.63. The van der Waals surface area contributed by atoms with E-state index in [0.717, 1.165) is 33.9 Å². The van der Waals surface area contributed by atoms with Crippen LogP contribution in [0.2, 0.25) is 0 Å². The Labute approximate surface area is 202 Å². The van der Waals surface area contributed by atoms with Crippen LogP contribution in [0.5, 0.6) is 0 Å². The lowest BCUT2D eigenvalue weighted by molar-refractivity contribution is -0.113. The largest absolute Gasteiger partial charge is 0.465 e. The van der Waals surface area contributed by atoms with Crippen molar-refractivity contribution < 1.29 is 14.0 Å². The van der Waals surface area contributed by atoms with Gasteiger partial charge in [-0.3, -0.25) is 9.59 Å². The molecule has 0 aliphatic heterocycles. The molecule has 174 valence electrons. The first-order valence-corrected chi connectivity index (χ1v) is 11.5. The zero-order valence-corrected chi connectivity index (χ0v) is 19.5. The van der Waals surface area contributed by atoms with Crippen LogP contribution in [0, 0.1) is 6.92 Å². The molecule has 2 amide bonds. The van der Waals surface area contributed by atoms with Gasteiger partial charge in [0.1, 0.15) is 11.5 Å². The fourth-order valence-corrected chi connectivity index (χ4v) is 4.33. The topological polar surface area (TPSA) is 76.3 Å². The van der Waals surface area contributed by atoms with E-state index in [1.165, 1.54) is 12.3 Å². The number of carbonyl (C=O) groups excluding carboxylic acids is 2. The predicted molar refractivity (Wildman–Crippen MR) is 139 cm³/mol. The normalized spacial score (nSPS) is 11.7. The highest BCUT2D eigenvalue weighted by molar-refractivity contribution is 6.13. The highest BCUT2D eigenvalue weighted by atomic mass is 16.3. The molecular weight excluding hydrogens is 438 g/mol. The van der Waals surface area contributed by atoms with Crippen molar-refractivity contribution in [2.45, 2.75) is 20.4 Å². The number of hydrogen-bond donors (Lipinski definition) is 2. The number of rotatable bonds is 6. The summed E-state index contributed by atoms with van der Waals surface area (Å²) in [4.78, 5) is 26.2. The monoisotopic (exact) mass is 463 g/mol. The molecule has 0 atom stereocenters. The molecule has 0 unspecified atom stereocenters. The maximum atomic E-state index is 13.3. The smallest absolute Gasteiger partial charge is 0.272 e. The van der Waals surface area contributed by atoms with Crippen LogP contribution in [0.4, 0.5) is 5.69 Å². The maximum Gasteiger partial charge on any atom is 0.272 e. The van der Waals surface area contributed by atoms with Crippen LogP contribution in [0.3, 0.4) is 0 Å². The van der Waals surface area contributed by atoms with Crippen LogP contribution in [-0.4, -0.2) is 16.4 Å². The molecule has 0 saturated heterocycles. The molecule has 0 aliphatic carbocycles. The zero-order chi connectivity index (χ0) is 24.4. The molecule has 5 aromatic rings. The van der Waals surface area contributed by atoms with Crippen LogP contribution < -0.4 is 10.6 Å². The third-order valence-corrected chi connectivity index (χ3v) is 5.95. The molecule has 6 nitrogen and oxygen atoms in total. The number of nitrogens with zero attached hydrogens (tertiary/aromatic N) is 1. The Morgan fingerprint density at radius 3 is 2.51 bits per heavy atom. The molecule has 5 rings (SSSR count). The molecule has 0 bridgehead atoms. The SMILES string of the molecule is CCn1c2ccccc2c2cc(NC(=O)/C(=C/c3ccco3)NC(=O)c3cccc(C)c3)ccc21. The molecule has 6 heteroatoms. The van der Waals surface area contributed by atoms with Gasteiger partial charge < -0.3 is 19.6 Å². The minimum atomic E-state index is -0.444. The number of aromatic nitrogens is 1. The van der Waals surface area contributed by atoms with E-state index >= 15 is 0 Å². The van der Waals surface area contributed by atoms with E-state index in [1.54, 1.807) is 24.3 Å². The number of furan rings is 1. The Morgan fingerprint density at radius 2 is 1.74 bits per heavy atom. The first-order valence-electron chi connectivity index (χ1n) is 11.5. The molecule has 2 aromatic heterocycles. The minimum absolute atomic E-state index is 0.0857. The summed E-state index contributed by atoms with van der Waals surface area (Å²) in [5.41, 5.74) is 4.40. The fraction of sp³-hybridized carbons (Fsp3) is 0.103. The summed E-state index contributed by atoms with van der Waals surface area (Å²) in [6.07, 6.45) is 3.03. The van der Waals surface area contributed by atoms with E-state index in [-0.39, 0.29) is 11.6 Å². The van der Waals surface area contributed by atoms with Crippen LogP contribution in [-0.2, 0) is 11.3 Å². The van der Waals surface area contributed by atoms with Crippen molar-refractivity contribution in [1.29, 1.82) is 0 Å².